The Labute approximate surface area is 184 Å². The molecule has 0 fully saturated rings. The minimum atomic E-state index is -1.73. The number of aliphatic hydroxyl groups excluding tert-OH is 1. The van der Waals surface area contributed by atoms with E-state index in [4.69, 9.17) is 21.7 Å². The Balaban J connectivity index is 5.51. The van der Waals surface area contributed by atoms with Gasteiger partial charge in [-0.05, 0) is 19.3 Å². The van der Waals surface area contributed by atoms with Gasteiger partial charge in [0.1, 0.15) is 24.2 Å². The van der Waals surface area contributed by atoms with E-state index in [2.05, 4.69) is 10.6 Å². The molecule has 32 heavy (non-hydrogen) atoms. The van der Waals surface area contributed by atoms with E-state index < -0.39 is 78.2 Å². The van der Waals surface area contributed by atoms with Crippen LogP contribution in [0.3, 0.4) is 0 Å². The third-order valence-corrected chi connectivity index (χ3v) is 4.38. The molecule has 0 aromatic heterocycles. The van der Waals surface area contributed by atoms with Gasteiger partial charge in [0.25, 0.3) is 0 Å². The Morgan fingerprint density at radius 1 is 0.844 bits per heavy atom. The molecule has 0 aromatic carbocycles. The van der Waals surface area contributed by atoms with Crippen LogP contribution in [0.5, 0.6) is 0 Å². The summed E-state index contributed by atoms with van der Waals surface area (Å²) in [6.07, 6.45) is -2.64. The van der Waals surface area contributed by atoms with Crippen LogP contribution < -0.4 is 27.4 Å². The summed E-state index contributed by atoms with van der Waals surface area (Å²) in [7, 11) is 0. The van der Waals surface area contributed by atoms with Gasteiger partial charge in [0.05, 0.1) is 12.5 Å². The third kappa shape index (κ3) is 10.2. The molecule has 10 N–H and O–H groups in total. The number of nitrogens with one attached hydrogen (secondary N) is 3. The van der Waals surface area contributed by atoms with Gasteiger partial charge in [0.15, 0.2) is 0 Å². The molecule has 0 aliphatic heterocycles. The number of carboxylic acid groups (broad SMARTS) is 2. The highest BCUT2D eigenvalue weighted by Gasteiger charge is 2.33. The molecule has 0 saturated carbocycles. The minimum absolute atomic E-state index is 0.233. The SMILES string of the molecule is CC(C)C(NC(=O)C(CCC(N)=O)NC(=O)C(N)C(C)O)C(=O)NC(CC(=O)O)C(=O)O. The molecule has 14 nitrogen and oxygen atoms in total. The highest BCUT2D eigenvalue weighted by atomic mass is 16.4. The van der Waals surface area contributed by atoms with Crippen LogP contribution in [0.15, 0.2) is 0 Å². The van der Waals surface area contributed by atoms with E-state index in [0.717, 1.165) is 0 Å². The molecular formula is C18H31N5O9. The molecule has 14 heteroatoms. The van der Waals surface area contributed by atoms with Crippen LogP contribution in [0.25, 0.3) is 0 Å². The summed E-state index contributed by atoms with van der Waals surface area (Å²) in [6.45, 7) is 4.34. The first-order valence-electron chi connectivity index (χ1n) is 9.75. The van der Waals surface area contributed by atoms with Gasteiger partial charge in [-0.25, -0.2) is 4.79 Å². The Kier molecular flexibility index (Phi) is 11.9. The highest BCUT2D eigenvalue weighted by Crippen LogP contribution is 2.07. The molecule has 0 radical (unpaired) electrons. The van der Waals surface area contributed by atoms with E-state index in [1.807, 2.05) is 5.32 Å². The van der Waals surface area contributed by atoms with E-state index in [1.54, 1.807) is 0 Å². The molecule has 4 amide bonds. The number of carbonyl (C=O) groups excluding carboxylic acids is 4. The highest BCUT2D eigenvalue weighted by molar-refractivity contribution is 5.95. The fourth-order valence-corrected chi connectivity index (χ4v) is 2.47. The zero-order valence-electron chi connectivity index (χ0n) is 18.0. The van der Waals surface area contributed by atoms with E-state index in [9.17, 15) is 33.9 Å². The summed E-state index contributed by atoms with van der Waals surface area (Å²) in [6, 6.07) is -5.73. The molecule has 0 aliphatic carbocycles. The molecule has 0 aliphatic rings. The van der Waals surface area contributed by atoms with Crippen LogP contribution in [0.1, 0.15) is 40.0 Å². The predicted molar refractivity (Wildman–Crippen MR) is 109 cm³/mol. The summed E-state index contributed by atoms with van der Waals surface area (Å²) >= 11 is 0. The number of hydrogen-bond acceptors (Lipinski definition) is 8. The summed E-state index contributed by atoms with van der Waals surface area (Å²) in [5, 5.41) is 34.0. The van der Waals surface area contributed by atoms with Crippen molar-refractivity contribution < 1.29 is 44.1 Å². The van der Waals surface area contributed by atoms with Crippen LogP contribution in [0.4, 0.5) is 0 Å². The van der Waals surface area contributed by atoms with Crippen molar-refractivity contribution in [2.45, 2.75) is 70.3 Å². The lowest BCUT2D eigenvalue weighted by molar-refractivity contribution is -0.147. The first-order chi connectivity index (χ1) is 14.7. The number of aliphatic hydroxyl groups is 1. The van der Waals surface area contributed by atoms with Crippen molar-refractivity contribution in [1.82, 2.24) is 16.0 Å². The van der Waals surface area contributed by atoms with Crippen LogP contribution in [-0.4, -0.2) is 81.2 Å². The van der Waals surface area contributed by atoms with Gasteiger partial charge in [-0.15, -0.1) is 0 Å². The van der Waals surface area contributed by atoms with Gasteiger partial charge < -0.3 is 42.7 Å². The van der Waals surface area contributed by atoms with E-state index in [1.165, 1.54) is 20.8 Å². The van der Waals surface area contributed by atoms with Crippen molar-refractivity contribution in [2.75, 3.05) is 0 Å². The number of amides is 4. The van der Waals surface area contributed by atoms with E-state index in [-0.39, 0.29) is 12.8 Å². The van der Waals surface area contributed by atoms with Crippen molar-refractivity contribution in [1.29, 1.82) is 0 Å². The van der Waals surface area contributed by atoms with Crippen molar-refractivity contribution >= 4 is 35.6 Å². The molecule has 0 spiro atoms. The quantitative estimate of drug-likeness (QED) is 0.127. The average Bonchev–Trinajstić information content (AvgIpc) is 2.66. The second-order valence-electron chi connectivity index (χ2n) is 7.56. The monoisotopic (exact) mass is 461 g/mol. The second kappa shape index (κ2) is 13.2. The molecule has 0 heterocycles. The summed E-state index contributed by atoms with van der Waals surface area (Å²) in [5.74, 6) is -7.08. The number of nitrogens with two attached hydrogens (primary N) is 2. The minimum Gasteiger partial charge on any atom is -0.481 e. The first kappa shape index (κ1) is 28.7. The molecule has 182 valence electrons. The number of hydrogen-bond donors (Lipinski definition) is 8. The van der Waals surface area contributed by atoms with Gasteiger partial charge in [0, 0.05) is 6.42 Å². The number of primary amides is 1. The lowest BCUT2D eigenvalue weighted by atomic mass is 10.0. The molecule has 0 aromatic rings. The Morgan fingerprint density at radius 2 is 1.38 bits per heavy atom. The zero-order valence-corrected chi connectivity index (χ0v) is 18.0. The first-order valence-corrected chi connectivity index (χ1v) is 9.75. The maximum absolute atomic E-state index is 12.7. The smallest absolute Gasteiger partial charge is 0.326 e. The largest absolute Gasteiger partial charge is 0.481 e. The molecule has 5 unspecified atom stereocenters. The van der Waals surface area contributed by atoms with Gasteiger partial charge in [0.2, 0.25) is 23.6 Å². The fraction of sp³-hybridized carbons (Fsp3) is 0.667. The summed E-state index contributed by atoms with van der Waals surface area (Å²) < 4.78 is 0. The van der Waals surface area contributed by atoms with Crippen molar-refractivity contribution in [2.24, 2.45) is 17.4 Å². The van der Waals surface area contributed by atoms with Crippen LogP contribution in [-0.2, 0) is 28.8 Å². The molecule has 0 bridgehead atoms. The van der Waals surface area contributed by atoms with E-state index >= 15 is 0 Å². The van der Waals surface area contributed by atoms with Crippen molar-refractivity contribution in [3.05, 3.63) is 0 Å². The van der Waals surface area contributed by atoms with Crippen molar-refractivity contribution in [3.8, 4) is 0 Å². The lowest BCUT2D eigenvalue weighted by Crippen LogP contribution is -2.59. The number of carboxylic acids is 2. The molecular weight excluding hydrogens is 430 g/mol. The van der Waals surface area contributed by atoms with E-state index in [0.29, 0.717) is 0 Å². The van der Waals surface area contributed by atoms with Gasteiger partial charge >= 0.3 is 11.9 Å². The normalized spacial score (nSPS) is 15.6. The zero-order chi connectivity index (χ0) is 25.2. The molecule has 5 atom stereocenters. The Morgan fingerprint density at radius 3 is 1.78 bits per heavy atom. The second-order valence-corrected chi connectivity index (χ2v) is 7.56. The summed E-state index contributed by atoms with van der Waals surface area (Å²) in [4.78, 5) is 70.5. The topological polar surface area (TPSA) is 251 Å². The van der Waals surface area contributed by atoms with Gasteiger partial charge in [-0.2, -0.15) is 0 Å². The molecule has 0 rings (SSSR count). The standard InChI is InChI=1S/C18H31N5O9/c1-7(2)14(17(30)22-10(18(31)32)6-12(26)27)23-15(28)9(4-5-11(19)25)21-16(29)13(20)8(3)24/h7-10,13-14,24H,4-6,20H2,1-3H3,(H2,19,25)(H,21,29)(H,22,30)(H,23,28)(H,26,27)(H,31,32). The third-order valence-electron chi connectivity index (χ3n) is 4.38. The summed E-state index contributed by atoms with van der Waals surface area (Å²) in [5.41, 5.74) is 10.6. The molecule has 0 saturated heterocycles. The Hall–Kier alpha value is -3.26. The maximum Gasteiger partial charge on any atom is 0.326 e. The average molecular weight is 461 g/mol. The van der Waals surface area contributed by atoms with Gasteiger partial charge in [-0.1, -0.05) is 13.8 Å². The fourth-order valence-electron chi connectivity index (χ4n) is 2.47. The van der Waals surface area contributed by atoms with Crippen LogP contribution in [0, 0.1) is 5.92 Å². The van der Waals surface area contributed by atoms with Crippen molar-refractivity contribution in [3.63, 3.8) is 0 Å². The number of carbonyl (C=O) groups is 6. The lowest BCUT2D eigenvalue weighted by Gasteiger charge is -2.27. The number of aliphatic carboxylic acids is 2. The maximum atomic E-state index is 12.7. The Bertz CT molecular complexity index is 726. The number of rotatable bonds is 14. The predicted octanol–water partition coefficient (Wildman–Crippen LogP) is -3.37. The van der Waals surface area contributed by atoms with Gasteiger partial charge in [-0.3, -0.25) is 24.0 Å². The van der Waals surface area contributed by atoms with Crippen LogP contribution >= 0.6 is 0 Å². The van der Waals surface area contributed by atoms with Crippen LogP contribution in [0.2, 0.25) is 0 Å².